The first kappa shape index (κ1) is 18.8. The Kier molecular flexibility index (Phi) is 5.05. The van der Waals surface area contributed by atoms with Crippen molar-refractivity contribution < 1.29 is 19.1 Å². The van der Waals surface area contributed by atoms with E-state index in [1.54, 1.807) is 30.3 Å². The largest absolute Gasteiger partial charge is 0.478 e. The number of aryl methyl sites for hydroxylation is 1. The van der Waals surface area contributed by atoms with E-state index in [9.17, 15) is 9.59 Å². The lowest BCUT2D eigenvalue weighted by Crippen LogP contribution is -2.18. The highest BCUT2D eigenvalue weighted by Gasteiger charge is 2.24. The van der Waals surface area contributed by atoms with E-state index in [-0.39, 0.29) is 10.8 Å². The predicted molar refractivity (Wildman–Crippen MR) is 113 cm³/mol. The molecular formula is C22H16N2O4S. The number of nitrogens with zero attached hydrogens (tertiary/aromatic N) is 1. The van der Waals surface area contributed by atoms with Crippen molar-refractivity contribution in [1.82, 2.24) is 5.32 Å². The first-order valence-corrected chi connectivity index (χ1v) is 9.59. The summed E-state index contributed by atoms with van der Waals surface area (Å²) in [6, 6.07) is 17.7. The zero-order chi connectivity index (χ0) is 20.4. The Bertz CT molecular complexity index is 1140. The number of hydrogen-bond donors (Lipinski definition) is 2. The van der Waals surface area contributed by atoms with Crippen molar-refractivity contribution in [2.75, 3.05) is 0 Å². The number of thioether (sulfide) groups is 1. The van der Waals surface area contributed by atoms with Crippen LogP contribution in [0.2, 0.25) is 0 Å². The maximum absolute atomic E-state index is 11.9. The van der Waals surface area contributed by atoms with E-state index < -0.39 is 5.97 Å². The van der Waals surface area contributed by atoms with Crippen molar-refractivity contribution in [2.45, 2.75) is 6.92 Å². The van der Waals surface area contributed by atoms with Crippen LogP contribution in [0.4, 0.5) is 10.5 Å². The molecule has 144 valence electrons. The van der Waals surface area contributed by atoms with Gasteiger partial charge in [0.2, 0.25) is 0 Å². The Balaban J connectivity index is 1.60. The van der Waals surface area contributed by atoms with Crippen molar-refractivity contribution in [2.24, 2.45) is 4.99 Å². The van der Waals surface area contributed by atoms with E-state index in [1.807, 2.05) is 31.2 Å². The molecule has 0 bridgehead atoms. The molecule has 1 aliphatic heterocycles. The Hall–Kier alpha value is -3.58. The number of amidine groups is 1. The average Bonchev–Trinajstić information content (AvgIpc) is 3.30. The number of amides is 1. The van der Waals surface area contributed by atoms with Crippen LogP contribution in [-0.4, -0.2) is 22.2 Å². The first-order chi connectivity index (χ1) is 14.0. The lowest BCUT2D eigenvalue weighted by atomic mass is 10.1. The quantitative estimate of drug-likeness (QED) is 0.601. The van der Waals surface area contributed by atoms with Crippen LogP contribution < -0.4 is 5.32 Å². The molecule has 0 spiro atoms. The van der Waals surface area contributed by atoms with Crippen LogP contribution in [0.1, 0.15) is 21.7 Å². The van der Waals surface area contributed by atoms with Crippen molar-refractivity contribution >= 4 is 40.6 Å². The summed E-state index contributed by atoms with van der Waals surface area (Å²) in [6.45, 7) is 2.00. The summed E-state index contributed by atoms with van der Waals surface area (Å²) in [5.41, 5.74) is 2.86. The van der Waals surface area contributed by atoms with E-state index in [4.69, 9.17) is 9.52 Å². The number of hydrogen-bond acceptors (Lipinski definition) is 5. The van der Waals surface area contributed by atoms with E-state index in [0.29, 0.717) is 22.3 Å². The fourth-order valence-corrected chi connectivity index (χ4v) is 3.47. The van der Waals surface area contributed by atoms with Crippen molar-refractivity contribution in [1.29, 1.82) is 0 Å². The molecule has 0 radical (unpaired) electrons. The smallest absolute Gasteiger partial charge is 0.335 e. The monoisotopic (exact) mass is 404 g/mol. The molecule has 1 saturated heterocycles. The highest BCUT2D eigenvalue weighted by Crippen LogP contribution is 2.30. The van der Waals surface area contributed by atoms with Gasteiger partial charge in [0, 0.05) is 5.56 Å². The van der Waals surface area contributed by atoms with E-state index in [2.05, 4.69) is 10.3 Å². The Labute approximate surface area is 171 Å². The van der Waals surface area contributed by atoms with Crippen LogP contribution in [0.15, 0.2) is 75.0 Å². The molecule has 1 amide bonds. The van der Waals surface area contributed by atoms with E-state index in [0.717, 1.165) is 28.6 Å². The van der Waals surface area contributed by atoms with Gasteiger partial charge in [-0.2, -0.15) is 0 Å². The highest BCUT2D eigenvalue weighted by molar-refractivity contribution is 8.18. The molecule has 4 rings (SSSR count). The number of carboxylic acids is 1. The Morgan fingerprint density at radius 3 is 2.48 bits per heavy atom. The third-order valence-electron chi connectivity index (χ3n) is 4.25. The topological polar surface area (TPSA) is 91.9 Å². The molecule has 0 atom stereocenters. The number of aromatic carboxylic acids is 1. The minimum absolute atomic E-state index is 0.196. The number of carbonyl (C=O) groups excluding carboxylic acids is 1. The van der Waals surface area contributed by atoms with Crippen LogP contribution in [0.3, 0.4) is 0 Å². The second kappa shape index (κ2) is 7.81. The maximum Gasteiger partial charge on any atom is 0.335 e. The van der Waals surface area contributed by atoms with Gasteiger partial charge in [0.15, 0.2) is 0 Å². The minimum Gasteiger partial charge on any atom is -0.478 e. The summed E-state index contributed by atoms with van der Waals surface area (Å²) in [4.78, 5) is 28.0. The van der Waals surface area contributed by atoms with Gasteiger partial charge in [0.1, 0.15) is 17.4 Å². The van der Waals surface area contributed by atoms with Gasteiger partial charge in [0.25, 0.3) is 5.24 Å². The molecule has 0 unspecified atom stereocenters. The summed E-state index contributed by atoms with van der Waals surface area (Å²) in [6.07, 6.45) is 1.75. The Morgan fingerprint density at radius 1 is 1.07 bits per heavy atom. The van der Waals surface area contributed by atoms with Crippen LogP contribution in [0, 0.1) is 6.92 Å². The van der Waals surface area contributed by atoms with Gasteiger partial charge in [-0.05, 0) is 61.2 Å². The number of carbonyl (C=O) groups is 2. The third kappa shape index (κ3) is 4.30. The summed E-state index contributed by atoms with van der Waals surface area (Å²) in [5, 5.41) is 11.6. The number of furan rings is 1. The van der Waals surface area contributed by atoms with E-state index >= 15 is 0 Å². The molecule has 1 aliphatic rings. The molecular weight excluding hydrogens is 388 g/mol. The molecule has 7 heteroatoms. The number of benzene rings is 2. The molecule has 29 heavy (non-hydrogen) atoms. The molecule has 1 aromatic heterocycles. The SMILES string of the molecule is Cc1ccc(N=C2NC(=O)S/C2=C\c2ccc(-c3ccc(C(=O)O)cc3)o2)cc1. The van der Waals surface area contributed by atoms with Gasteiger partial charge in [-0.3, -0.25) is 4.79 Å². The predicted octanol–water partition coefficient (Wildman–Crippen LogP) is 5.48. The van der Waals surface area contributed by atoms with Gasteiger partial charge in [0.05, 0.1) is 16.2 Å². The first-order valence-electron chi connectivity index (χ1n) is 8.78. The van der Waals surface area contributed by atoms with Crippen LogP contribution >= 0.6 is 11.8 Å². The van der Waals surface area contributed by atoms with Crippen molar-refractivity contribution in [3.8, 4) is 11.3 Å². The fourth-order valence-electron chi connectivity index (χ4n) is 2.75. The van der Waals surface area contributed by atoms with Crippen LogP contribution in [0.25, 0.3) is 17.4 Å². The zero-order valence-corrected chi connectivity index (χ0v) is 16.2. The number of nitrogens with one attached hydrogen (secondary N) is 1. The van der Waals surface area contributed by atoms with Gasteiger partial charge in [-0.1, -0.05) is 29.8 Å². The highest BCUT2D eigenvalue weighted by atomic mass is 32.2. The molecule has 0 saturated carbocycles. The molecule has 2 N–H and O–H groups in total. The molecule has 3 aromatic rings. The molecule has 1 fully saturated rings. The average molecular weight is 404 g/mol. The second-order valence-electron chi connectivity index (χ2n) is 6.40. The third-order valence-corrected chi connectivity index (χ3v) is 5.07. The Morgan fingerprint density at radius 2 is 1.79 bits per heavy atom. The second-order valence-corrected chi connectivity index (χ2v) is 7.42. The van der Waals surface area contributed by atoms with Crippen molar-refractivity contribution in [3.63, 3.8) is 0 Å². The summed E-state index contributed by atoms with van der Waals surface area (Å²) in [5.74, 6) is 0.677. The lowest BCUT2D eigenvalue weighted by Gasteiger charge is -2.00. The van der Waals surface area contributed by atoms with Gasteiger partial charge in [-0.25, -0.2) is 9.79 Å². The molecule has 2 heterocycles. The van der Waals surface area contributed by atoms with Crippen LogP contribution in [-0.2, 0) is 0 Å². The summed E-state index contributed by atoms with van der Waals surface area (Å²) < 4.78 is 5.85. The maximum atomic E-state index is 11.9. The number of rotatable bonds is 4. The van der Waals surface area contributed by atoms with Gasteiger partial charge >= 0.3 is 5.97 Å². The van der Waals surface area contributed by atoms with Gasteiger partial charge in [-0.15, -0.1) is 0 Å². The molecule has 6 nitrogen and oxygen atoms in total. The fraction of sp³-hybridized carbons (Fsp3) is 0.0455. The van der Waals surface area contributed by atoms with E-state index in [1.165, 1.54) is 12.1 Å². The standard InChI is InChI=1S/C22H16N2O4S/c1-13-2-8-16(9-3-13)23-20-19(29-22(27)24-20)12-17-10-11-18(28-17)14-4-6-15(7-5-14)21(25)26/h2-12H,1H3,(H,25,26)(H,23,24,27)/b19-12-. The van der Waals surface area contributed by atoms with Crippen molar-refractivity contribution in [3.05, 3.63) is 82.5 Å². The normalized spacial score (nSPS) is 16.4. The lowest BCUT2D eigenvalue weighted by molar-refractivity contribution is 0.0697. The molecule has 2 aromatic carbocycles. The van der Waals surface area contributed by atoms with Crippen LogP contribution in [0.5, 0.6) is 0 Å². The van der Waals surface area contributed by atoms with Gasteiger partial charge < -0.3 is 14.8 Å². The summed E-state index contributed by atoms with van der Waals surface area (Å²) in [7, 11) is 0. The molecule has 0 aliphatic carbocycles. The number of carboxylic acid groups (broad SMARTS) is 1. The minimum atomic E-state index is -0.975. The summed E-state index contributed by atoms with van der Waals surface area (Å²) >= 11 is 1.06. The number of aliphatic imine (C=N–C) groups is 1. The zero-order valence-electron chi connectivity index (χ0n) is 15.4.